The fraction of sp³-hybridized carbons (Fsp3) is 0.833. The van der Waals surface area contributed by atoms with Crippen molar-refractivity contribution < 1.29 is 9.59 Å². The first kappa shape index (κ1) is 13.3. The zero-order chi connectivity index (χ0) is 13.0. The molecule has 2 saturated heterocycles. The van der Waals surface area contributed by atoms with E-state index in [0.717, 1.165) is 26.2 Å². The van der Waals surface area contributed by atoms with E-state index in [2.05, 4.69) is 10.2 Å². The number of amides is 2. The number of nitrogens with two attached hydrogens (primary N) is 1. The molecule has 0 aromatic rings. The highest BCUT2D eigenvalue weighted by molar-refractivity contribution is 5.87. The van der Waals surface area contributed by atoms with Gasteiger partial charge in [0, 0.05) is 32.6 Å². The van der Waals surface area contributed by atoms with Crippen molar-refractivity contribution in [2.45, 2.75) is 25.3 Å². The molecule has 1 atom stereocenters. The van der Waals surface area contributed by atoms with Crippen molar-refractivity contribution in [1.82, 2.24) is 15.1 Å². The van der Waals surface area contributed by atoms with Gasteiger partial charge in [-0.05, 0) is 25.9 Å². The molecule has 2 aliphatic heterocycles. The molecule has 2 amide bonds. The Balaban J connectivity index is 1.83. The van der Waals surface area contributed by atoms with E-state index >= 15 is 0 Å². The molecule has 102 valence electrons. The summed E-state index contributed by atoms with van der Waals surface area (Å²) in [7, 11) is 0. The number of hydrogen-bond donors (Lipinski definition) is 2. The maximum atomic E-state index is 12.1. The molecular weight excluding hydrogens is 232 g/mol. The van der Waals surface area contributed by atoms with E-state index in [0.29, 0.717) is 19.5 Å². The highest BCUT2D eigenvalue weighted by atomic mass is 16.2. The Kier molecular flexibility index (Phi) is 4.54. The van der Waals surface area contributed by atoms with E-state index in [4.69, 9.17) is 5.73 Å². The standard InChI is InChI=1S/C12H22N4O2/c13-12(18)10-9-14-4-8-16(10)11(17)3-7-15-5-1-2-6-15/h10,14H,1-9H2,(H2,13,18). The maximum absolute atomic E-state index is 12.1. The monoisotopic (exact) mass is 254 g/mol. The molecule has 3 N–H and O–H groups in total. The normalized spacial score (nSPS) is 25.3. The van der Waals surface area contributed by atoms with Gasteiger partial charge in [-0.15, -0.1) is 0 Å². The fourth-order valence-corrected chi connectivity index (χ4v) is 2.66. The number of nitrogens with zero attached hydrogens (tertiary/aromatic N) is 2. The molecule has 0 aromatic heterocycles. The molecular formula is C12H22N4O2. The van der Waals surface area contributed by atoms with E-state index in [-0.39, 0.29) is 5.91 Å². The summed E-state index contributed by atoms with van der Waals surface area (Å²) in [6.07, 6.45) is 2.95. The van der Waals surface area contributed by atoms with Crippen LogP contribution >= 0.6 is 0 Å². The van der Waals surface area contributed by atoms with Crippen LogP contribution in [0.4, 0.5) is 0 Å². The number of nitrogens with one attached hydrogen (secondary N) is 1. The Morgan fingerprint density at radius 1 is 1.22 bits per heavy atom. The number of primary amides is 1. The summed E-state index contributed by atoms with van der Waals surface area (Å²) < 4.78 is 0. The first-order valence-corrected chi connectivity index (χ1v) is 6.70. The molecule has 6 heteroatoms. The minimum Gasteiger partial charge on any atom is -0.368 e. The van der Waals surface area contributed by atoms with Gasteiger partial charge in [-0.3, -0.25) is 9.59 Å². The van der Waals surface area contributed by atoms with E-state index in [1.165, 1.54) is 12.8 Å². The fourth-order valence-electron chi connectivity index (χ4n) is 2.66. The van der Waals surface area contributed by atoms with Crippen LogP contribution in [0.3, 0.4) is 0 Å². The van der Waals surface area contributed by atoms with Gasteiger partial charge in [0.1, 0.15) is 6.04 Å². The molecule has 6 nitrogen and oxygen atoms in total. The second-order valence-corrected chi connectivity index (χ2v) is 5.01. The van der Waals surface area contributed by atoms with E-state index < -0.39 is 11.9 Å². The van der Waals surface area contributed by atoms with Gasteiger partial charge in [0.15, 0.2) is 0 Å². The van der Waals surface area contributed by atoms with E-state index in [1.54, 1.807) is 4.90 Å². The van der Waals surface area contributed by atoms with Crippen molar-refractivity contribution in [3.63, 3.8) is 0 Å². The van der Waals surface area contributed by atoms with Gasteiger partial charge in [0.2, 0.25) is 11.8 Å². The van der Waals surface area contributed by atoms with Crippen LogP contribution in [0.15, 0.2) is 0 Å². The van der Waals surface area contributed by atoms with Crippen LogP contribution in [0, 0.1) is 0 Å². The molecule has 2 fully saturated rings. The third-order valence-electron chi connectivity index (χ3n) is 3.73. The summed E-state index contributed by atoms with van der Waals surface area (Å²) in [6, 6.07) is -0.482. The molecule has 0 radical (unpaired) electrons. The van der Waals surface area contributed by atoms with Gasteiger partial charge in [-0.1, -0.05) is 0 Å². The van der Waals surface area contributed by atoms with E-state index in [1.807, 2.05) is 0 Å². The smallest absolute Gasteiger partial charge is 0.241 e. The number of likely N-dealkylation sites (tertiary alicyclic amines) is 1. The van der Waals surface area contributed by atoms with Gasteiger partial charge in [-0.25, -0.2) is 0 Å². The Labute approximate surface area is 107 Å². The molecule has 1 unspecified atom stereocenters. The van der Waals surface area contributed by atoms with Gasteiger partial charge in [0.05, 0.1) is 0 Å². The Bertz CT molecular complexity index is 315. The number of carbonyl (C=O) groups is 2. The lowest BCUT2D eigenvalue weighted by atomic mass is 10.1. The van der Waals surface area contributed by atoms with Gasteiger partial charge in [-0.2, -0.15) is 0 Å². The van der Waals surface area contributed by atoms with Crippen molar-refractivity contribution in [3.05, 3.63) is 0 Å². The molecule has 0 aromatic carbocycles. The molecule has 2 aliphatic rings. The quantitative estimate of drug-likeness (QED) is 0.657. The summed E-state index contributed by atoms with van der Waals surface area (Å²) in [5, 5.41) is 3.09. The summed E-state index contributed by atoms with van der Waals surface area (Å²) >= 11 is 0. The van der Waals surface area contributed by atoms with Crippen LogP contribution in [0.2, 0.25) is 0 Å². The SMILES string of the molecule is NC(=O)C1CNCCN1C(=O)CCN1CCCC1. The zero-order valence-electron chi connectivity index (χ0n) is 10.7. The third kappa shape index (κ3) is 3.20. The first-order chi connectivity index (χ1) is 8.68. The van der Waals surface area contributed by atoms with Crippen molar-refractivity contribution >= 4 is 11.8 Å². The predicted molar refractivity (Wildman–Crippen MR) is 67.9 cm³/mol. The van der Waals surface area contributed by atoms with Crippen LogP contribution in [0.5, 0.6) is 0 Å². The summed E-state index contributed by atoms with van der Waals surface area (Å²) in [4.78, 5) is 27.4. The van der Waals surface area contributed by atoms with Crippen LogP contribution in [-0.4, -0.2) is 66.9 Å². The average molecular weight is 254 g/mol. The lowest BCUT2D eigenvalue weighted by Gasteiger charge is -2.34. The number of carbonyl (C=O) groups excluding carboxylic acids is 2. The Morgan fingerprint density at radius 2 is 1.94 bits per heavy atom. The lowest BCUT2D eigenvalue weighted by molar-refractivity contribution is -0.140. The van der Waals surface area contributed by atoms with Gasteiger partial charge < -0.3 is 20.9 Å². The minimum absolute atomic E-state index is 0.0483. The van der Waals surface area contributed by atoms with Crippen molar-refractivity contribution in [2.75, 3.05) is 39.3 Å². The molecule has 0 saturated carbocycles. The summed E-state index contributed by atoms with van der Waals surface area (Å²) in [5.74, 6) is -0.371. The highest BCUT2D eigenvalue weighted by Crippen LogP contribution is 2.10. The minimum atomic E-state index is -0.482. The first-order valence-electron chi connectivity index (χ1n) is 6.70. The van der Waals surface area contributed by atoms with E-state index in [9.17, 15) is 9.59 Å². The Morgan fingerprint density at radius 3 is 2.61 bits per heavy atom. The van der Waals surface area contributed by atoms with Crippen LogP contribution in [0.1, 0.15) is 19.3 Å². The molecule has 2 rings (SSSR count). The maximum Gasteiger partial charge on any atom is 0.241 e. The molecule has 0 aliphatic carbocycles. The van der Waals surface area contributed by atoms with Crippen LogP contribution < -0.4 is 11.1 Å². The molecule has 2 heterocycles. The molecule has 18 heavy (non-hydrogen) atoms. The van der Waals surface area contributed by atoms with Gasteiger partial charge in [0.25, 0.3) is 0 Å². The second-order valence-electron chi connectivity index (χ2n) is 5.01. The number of rotatable bonds is 4. The molecule has 0 bridgehead atoms. The van der Waals surface area contributed by atoms with Crippen molar-refractivity contribution in [2.24, 2.45) is 5.73 Å². The average Bonchev–Trinajstić information content (AvgIpc) is 2.89. The topological polar surface area (TPSA) is 78.7 Å². The largest absolute Gasteiger partial charge is 0.368 e. The number of piperazine rings is 1. The van der Waals surface area contributed by atoms with Gasteiger partial charge >= 0.3 is 0 Å². The van der Waals surface area contributed by atoms with Crippen molar-refractivity contribution in [3.8, 4) is 0 Å². The second kappa shape index (κ2) is 6.15. The highest BCUT2D eigenvalue weighted by Gasteiger charge is 2.30. The lowest BCUT2D eigenvalue weighted by Crippen LogP contribution is -2.58. The predicted octanol–water partition coefficient (Wildman–Crippen LogP) is -1.24. The van der Waals surface area contributed by atoms with Crippen molar-refractivity contribution in [1.29, 1.82) is 0 Å². The number of hydrogen-bond acceptors (Lipinski definition) is 4. The summed E-state index contributed by atoms with van der Waals surface area (Å²) in [6.45, 7) is 4.77. The zero-order valence-corrected chi connectivity index (χ0v) is 10.7. The molecule has 0 spiro atoms. The third-order valence-corrected chi connectivity index (χ3v) is 3.73. The van der Waals surface area contributed by atoms with Crippen LogP contribution in [-0.2, 0) is 9.59 Å². The summed E-state index contributed by atoms with van der Waals surface area (Å²) in [5.41, 5.74) is 5.33. The van der Waals surface area contributed by atoms with Crippen LogP contribution in [0.25, 0.3) is 0 Å². The Hall–Kier alpha value is -1.14.